The molecule has 2 aliphatic heterocycles. The minimum absolute atomic E-state index is 0.0642. The van der Waals surface area contributed by atoms with Crippen LogP contribution in [0.25, 0.3) is 0 Å². The quantitative estimate of drug-likeness (QED) is 0.699. The van der Waals surface area contributed by atoms with E-state index >= 15 is 0 Å². The number of carbonyl (C=O) groups excluding carboxylic acids is 2. The molecule has 0 aromatic heterocycles. The molecule has 4 rings (SSSR count). The van der Waals surface area contributed by atoms with Gasteiger partial charge in [0.2, 0.25) is 11.8 Å². The molecule has 3 unspecified atom stereocenters. The number of nitrogens with two attached hydrogens (primary N) is 1. The summed E-state index contributed by atoms with van der Waals surface area (Å²) >= 11 is 0. The number of ether oxygens (including phenoxy) is 2. The summed E-state index contributed by atoms with van der Waals surface area (Å²) in [6.07, 6.45) is 1.57. The fourth-order valence-corrected chi connectivity index (χ4v) is 5.23. The summed E-state index contributed by atoms with van der Waals surface area (Å²) in [5.74, 6) is 0.816. The van der Waals surface area contributed by atoms with Gasteiger partial charge in [0, 0.05) is 32.6 Å². The maximum absolute atomic E-state index is 13.3. The number of likely N-dealkylation sites (tertiary alicyclic amines) is 2. The Morgan fingerprint density at radius 1 is 1.18 bits per heavy atom. The first-order valence-electron chi connectivity index (χ1n) is 11.5. The Balaban J connectivity index is 1.40. The van der Waals surface area contributed by atoms with Gasteiger partial charge in [-0.05, 0) is 36.1 Å². The average molecular weight is 452 g/mol. The van der Waals surface area contributed by atoms with Crippen LogP contribution in [0, 0.1) is 5.41 Å². The summed E-state index contributed by atoms with van der Waals surface area (Å²) < 4.78 is 10.9. The van der Waals surface area contributed by atoms with E-state index in [1.807, 2.05) is 54.4 Å². The normalized spacial score (nSPS) is 23.7. The number of benzene rings is 2. The summed E-state index contributed by atoms with van der Waals surface area (Å²) in [7, 11) is 3.48. The Morgan fingerprint density at radius 3 is 2.61 bits per heavy atom. The molecule has 2 heterocycles. The Kier molecular flexibility index (Phi) is 7.00. The Labute approximate surface area is 195 Å². The number of carbonyl (C=O) groups is 2. The van der Waals surface area contributed by atoms with E-state index in [2.05, 4.69) is 12.1 Å². The highest BCUT2D eigenvalue weighted by Gasteiger charge is 2.55. The number of nitrogens with zero attached hydrogens (tertiary/aromatic N) is 2. The third kappa shape index (κ3) is 4.75. The smallest absolute Gasteiger partial charge is 0.241 e. The van der Waals surface area contributed by atoms with Crippen molar-refractivity contribution >= 4 is 11.8 Å². The summed E-state index contributed by atoms with van der Waals surface area (Å²) in [6.45, 7) is 2.19. The molecule has 7 heteroatoms. The average Bonchev–Trinajstić information content (AvgIpc) is 3.09. The highest BCUT2D eigenvalue weighted by Crippen LogP contribution is 2.49. The first-order valence-corrected chi connectivity index (χ1v) is 11.5. The van der Waals surface area contributed by atoms with Gasteiger partial charge < -0.3 is 25.0 Å². The zero-order valence-corrected chi connectivity index (χ0v) is 19.4. The van der Waals surface area contributed by atoms with E-state index in [9.17, 15) is 9.59 Å². The van der Waals surface area contributed by atoms with Gasteiger partial charge in [0.15, 0.2) is 0 Å². The van der Waals surface area contributed by atoms with E-state index in [1.165, 1.54) is 0 Å². The lowest BCUT2D eigenvalue weighted by Crippen LogP contribution is -2.55. The minimum atomic E-state index is -0.761. The molecule has 2 amide bonds. The van der Waals surface area contributed by atoms with E-state index in [0.717, 1.165) is 29.7 Å². The second-order valence-electron chi connectivity index (χ2n) is 9.14. The topological polar surface area (TPSA) is 85.1 Å². The number of amides is 2. The predicted molar refractivity (Wildman–Crippen MR) is 126 cm³/mol. The van der Waals surface area contributed by atoms with Crippen LogP contribution in [0.5, 0.6) is 5.75 Å². The van der Waals surface area contributed by atoms with E-state index < -0.39 is 11.5 Å². The van der Waals surface area contributed by atoms with Crippen molar-refractivity contribution in [3.05, 3.63) is 65.7 Å². The summed E-state index contributed by atoms with van der Waals surface area (Å²) in [6, 6.07) is 17.0. The molecule has 7 nitrogen and oxygen atoms in total. The third-order valence-electron chi connectivity index (χ3n) is 6.98. The molecule has 0 radical (unpaired) electrons. The molecule has 2 fully saturated rings. The van der Waals surface area contributed by atoms with Gasteiger partial charge in [0.25, 0.3) is 0 Å². The van der Waals surface area contributed by atoms with Crippen LogP contribution in [0.4, 0.5) is 0 Å². The molecule has 176 valence electrons. The molecular weight excluding hydrogens is 418 g/mol. The van der Waals surface area contributed by atoms with Crippen LogP contribution in [0.2, 0.25) is 0 Å². The number of piperidine rings is 1. The Morgan fingerprint density at radius 2 is 1.91 bits per heavy atom. The summed E-state index contributed by atoms with van der Waals surface area (Å²) in [4.78, 5) is 30.1. The highest BCUT2D eigenvalue weighted by molar-refractivity contribution is 5.89. The lowest BCUT2D eigenvalue weighted by molar-refractivity contribution is -0.144. The van der Waals surface area contributed by atoms with Gasteiger partial charge in [-0.3, -0.25) is 9.59 Å². The van der Waals surface area contributed by atoms with Crippen LogP contribution in [0.3, 0.4) is 0 Å². The standard InChI is InChI=1S/C26H33N3O4/c1-28-15-22(20-7-4-3-5-8-20)26(25(28)31)13-6-14-29(18-26)24(30)23(27)17-33-16-19-9-11-21(32-2)12-10-19/h3-5,7-12,22-23H,6,13-18,27H2,1-2H3. The van der Waals surface area contributed by atoms with Gasteiger partial charge in [-0.2, -0.15) is 0 Å². The fourth-order valence-electron chi connectivity index (χ4n) is 5.23. The molecule has 1 spiro atoms. The van der Waals surface area contributed by atoms with Crippen molar-refractivity contribution in [1.29, 1.82) is 0 Å². The van der Waals surface area contributed by atoms with Gasteiger partial charge >= 0.3 is 0 Å². The molecule has 2 saturated heterocycles. The maximum atomic E-state index is 13.3. The van der Waals surface area contributed by atoms with Crippen LogP contribution in [-0.4, -0.2) is 68.1 Å². The van der Waals surface area contributed by atoms with Crippen molar-refractivity contribution in [1.82, 2.24) is 9.80 Å². The molecule has 2 N–H and O–H groups in total. The van der Waals surface area contributed by atoms with Gasteiger partial charge in [0.1, 0.15) is 11.8 Å². The van der Waals surface area contributed by atoms with Crippen LogP contribution in [0.15, 0.2) is 54.6 Å². The van der Waals surface area contributed by atoms with Crippen molar-refractivity contribution < 1.29 is 19.1 Å². The van der Waals surface area contributed by atoms with E-state index in [-0.39, 0.29) is 24.3 Å². The lowest BCUT2D eigenvalue weighted by atomic mass is 9.69. The zero-order chi connectivity index (χ0) is 23.4. The van der Waals surface area contributed by atoms with Crippen molar-refractivity contribution in [3.63, 3.8) is 0 Å². The van der Waals surface area contributed by atoms with Crippen molar-refractivity contribution in [2.24, 2.45) is 11.1 Å². The van der Waals surface area contributed by atoms with Crippen molar-refractivity contribution in [3.8, 4) is 5.75 Å². The van der Waals surface area contributed by atoms with Gasteiger partial charge in [-0.1, -0.05) is 42.5 Å². The molecule has 2 aromatic rings. The second-order valence-corrected chi connectivity index (χ2v) is 9.14. The van der Waals surface area contributed by atoms with Crippen molar-refractivity contribution in [2.75, 3.05) is 40.4 Å². The molecular formula is C26H33N3O4. The largest absolute Gasteiger partial charge is 0.497 e. The minimum Gasteiger partial charge on any atom is -0.497 e. The van der Waals surface area contributed by atoms with Crippen LogP contribution >= 0.6 is 0 Å². The number of likely N-dealkylation sites (N-methyl/N-ethyl adjacent to an activating group) is 1. The molecule has 2 aromatic carbocycles. The molecule has 2 aliphatic rings. The Hall–Kier alpha value is -2.90. The number of hydrogen-bond acceptors (Lipinski definition) is 5. The summed E-state index contributed by atoms with van der Waals surface area (Å²) in [5, 5.41) is 0. The van der Waals surface area contributed by atoms with E-state index in [1.54, 1.807) is 12.0 Å². The molecule has 0 saturated carbocycles. The molecule has 3 atom stereocenters. The van der Waals surface area contributed by atoms with Crippen LogP contribution in [-0.2, 0) is 20.9 Å². The van der Waals surface area contributed by atoms with Gasteiger partial charge in [-0.15, -0.1) is 0 Å². The highest BCUT2D eigenvalue weighted by atomic mass is 16.5. The van der Waals surface area contributed by atoms with Gasteiger partial charge in [0.05, 0.1) is 25.7 Å². The first-order chi connectivity index (χ1) is 15.9. The first kappa shape index (κ1) is 23.3. The Bertz CT molecular complexity index is 965. The molecule has 0 aliphatic carbocycles. The maximum Gasteiger partial charge on any atom is 0.241 e. The number of rotatable bonds is 7. The van der Waals surface area contributed by atoms with Gasteiger partial charge in [-0.25, -0.2) is 0 Å². The fraction of sp³-hybridized carbons (Fsp3) is 0.462. The summed E-state index contributed by atoms with van der Waals surface area (Å²) in [5.41, 5.74) is 7.77. The monoisotopic (exact) mass is 451 g/mol. The van der Waals surface area contributed by atoms with Crippen LogP contribution in [0.1, 0.15) is 29.9 Å². The van der Waals surface area contributed by atoms with E-state index in [0.29, 0.717) is 26.2 Å². The molecule has 33 heavy (non-hydrogen) atoms. The molecule has 0 bridgehead atoms. The zero-order valence-electron chi connectivity index (χ0n) is 19.4. The second kappa shape index (κ2) is 9.93. The SMILES string of the molecule is COc1ccc(COCC(N)C(=O)N2CCCC3(C2)C(=O)N(C)CC3c2ccccc2)cc1. The number of methoxy groups -OCH3 is 1. The van der Waals surface area contributed by atoms with Crippen LogP contribution < -0.4 is 10.5 Å². The number of hydrogen-bond donors (Lipinski definition) is 1. The van der Waals surface area contributed by atoms with Crippen molar-refractivity contribution in [2.45, 2.75) is 31.4 Å². The lowest BCUT2D eigenvalue weighted by Gasteiger charge is -2.42. The predicted octanol–water partition coefficient (Wildman–Crippen LogP) is 2.40. The third-order valence-corrected chi connectivity index (χ3v) is 6.98. The van der Waals surface area contributed by atoms with E-state index in [4.69, 9.17) is 15.2 Å².